The Kier molecular flexibility index (Phi) is 11.6. The van der Waals surface area contributed by atoms with Crippen LogP contribution in [0.1, 0.15) is 60.1 Å². The van der Waals surface area contributed by atoms with Crippen molar-refractivity contribution in [2.45, 2.75) is 39.8 Å². The summed E-state index contributed by atoms with van der Waals surface area (Å²) in [5, 5.41) is 3.42. The van der Waals surface area contributed by atoms with Crippen LogP contribution >= 0.6 is 0 Å². The number of nitrogens with zero attached hydrogens (tertiary/aromatic N) is 2. The molecule has 0 aliphatic rings. The van der Waals surface area contributed by atoms with Crippen molar-refractivity contribution in [1.82, 2.24) is 5.32 Å². The van der Waals surface area contributed by atoms with Crippen LogP contribution in [0.15, 0.2) is 91.2 Å². The highest BCUT2D eigenvalue weighted by Crippen LogP contribution is 2.32. The maximum Gasteiger partial charge on any atom is 0.351 e. The largest absolute Gasteiger partial charge is 0.496 e. The van der Waals surface area contributed by atoms with E-state index in [2.05, 4.69) is 15.1 Å². The van der Waals surface area contributed by atoms with Crippen LogP contribution in [0, 0.1) is 0 Å². The van der Waals surface area contributed by atoms with Gasteiger partial charge in [-0.05, 0) is 70.2 Å². The molecule has 13 heteroatoms. The van der Waals surface area contributed by atoms with Gasteiger partial charge >= 0.3 is 23.2 Å². The van der Waals surface area contributed by atoms with Gasteiger partial charge in [0, 0.05) is 66.0 Å². The minimum Gasteiger partial charge on any atom is -0.496 e. The highest BCUT2D eigenvalue weighted by Gasteiger charge is 2.38. The lowest BCUT2D eigenvalue weighted by atomic mass is 10.00. The van der Waals surface area contributed by atoms with E-state index in [0.717, 1.165) is 44.7 Å². The van der Waals surface area contributed by atoms with Crippen molar-refractivity contribution < 1.29 is 37.4 Å². The number of ether oxygens (including phenoxy) is 3. The topological polar surface area (TPSA) is 158 Å². The van der Waals surface area contributed by atoms with Crippen LogP contribution in [0.5, 0.6) is 5.75 Å². The number of hydrogen-bond donors (Lipinski definition) is 1. The maximum atomic E-state index is 13.8. The van der Waals surface area contributed by atoms with Gasteiger partial charge in [0.2, 0.25) is 0 Å². The Bertz CT molecular complexity index is 2220. The van der Waals surface area contributed by atoms with Gasteiger partial charge in [0.15, 0.2) is 12.1 Å². The summed E-state index contributed by atoms with van der Waals surface area (Å²) in [7, 11) is 2.46. The highest BCUT2D eigenvalue weighted by molar-refractivity contribution is 5.99. The number of esters is 2. The Balaban J connectivity index is 1.53. The van der Waals surface area contributed by atoms with E-state index in [0.29, 0.717) is 10.8 Å². The van der Waals surface area contributed by atoms with Crippen molar-refractivity contribution in [1.29, 1.82) is 0 Å². The van der Waals surface area contributed by atoms with Gasteiger partial charge in [0.25, 0.3) is 5.91 Å². The molecular weight excluding hydrogens is 670 g/mol. The van der Waals surface area contributed by atoms with E-state index in [1.165, 1.54) is 25.3 Å². The Morgan fingerprint density at radius 3 is 1.75 bits per heavy atom. The molecule has 5 rings (SSSR count). The second kappa shape index (κ2) is 16.3. The number of para-hydroxylation sites is 1. The van der Waals surface area contributed by atoms with Crippen molar-refractivity contribution in [3.63, 3.8) is 0 Å². The second-order valence-corrected chi connectivity index (χ2v) is 11.7. The Morgan fingerprint density at radius 1 is 0.712 bits per heavy atom. The normalized spacial score (nSPS) is 12.2. The molecule has 272 valence electrons. The molecular formula is C39H41N3O10. The van der Waals surface area contributed by atoms with Crippen LogP contribution in [-0.2, 0) is 14.3 Å². The molecule has 52 heavy (non-hydrogen) atoms. The fourth-order valence-electron chi connectivity index (χ4n) is 6.07. The van der Waals surface area contributed by atoms with E-state index in [4.69, 9.17) is 23.0 Å². The summed E-state index contributed by atoms with van der Waals surface area (Å²) in [6, 6.07) is 17.9. The summed E-state index contributed by atoms with van der Waals surface area (Å²) < 4.78 is 27.5. The van der Waals surface area contributed by atoms with E-state index in [9.17, 15) is 24.0 Å². The summed E-state index contributed by atoms with van der Waals surface area (Å²) in [6.45, 7) is 11.0. The van der Waals surface area contributed by atoms with E-state index in [1.807, 2.05) is 39.8 Å². The zero-order chi connectivity index (χ0) is 37.5. The van der Waals surface area contributed by atoms with Crippen LogP contribution in [0.3, 0.4) is 0 Å². The van der Waals surface area contributed by atoms with Crippen molar-refractivity contribution >= 4 is 51.2 Å². The molecule has 0 aliphatic carbocycles. The number of carbonyl (C=O) groups is 3. The average Bonchev–Trinajstić information content (AvgIpc) is 3.16. The molecule has 2 aromatic heterocycles. The summed E-state index contributed by atoms with van der Waals surface area (Å²) in [5.74, 6) is -2.95. The minimum absolute atomic E-state index is 0.164. The number of anilines is 2. The number of hydrogen-bond acceptors (Lipinski definition) is 12. The Hall–Kier alpha value is -6.11. The molecule has 0 radical (unpaired) electrons. The van der Waals surface area contributed by atoms with Gasteiger partial charge in [-0.25, -0.2) is 19.2 Å². The minimum atomic E-state index is -1.72. The van der Waals surface area contributed by atoms with Crippen LogP contribution in [-0.4, -0.2) is 64.3 Å². The van der Waals surface area contributed by atoms with Crippen molar-refractivity contribution in [2.24, 2.45) is 0 Å². The number of amides is 1. The summed E-state index contributed by atoms with van der Waals surface area (Å²) in [6.07, 6.45) is -1.61. The molecule has 13 nitrogen and oxygen atoms in total. The van der Waals surface area contributed by atoms with Gasteiger partial charge in [-0.15, -0.1) is 0 Å². The molecule has 0 spiro atoms. The molecule has 5 aromatic rings. The molecule has 2 atom stereocenters. The van der Waals surface area contributed by atoms with Gasteiger partial charge in [-0.3, -0.25) is 4.79 Å². The quantitative estimate of drug-likeness (QED) is 0.115. The van der Waals surface area contributed by atoms with E-state index < -0.39 is 52.4 Å². The highest BCUT2D eigenvalue weighted by atomic mass is 16.6. The first-order chi connectivity index (χ1) is 25.1. The Morgan fingerprint density at radius 2 is 1.23 bits per heavy atom. The van der Waals surface area contributed by atoms with E-state index in [1.54, 1.807) is 42.5 Å². The predicted octanol–water partition coefficient (Wildman–Crippen LogP) is 5.47. The predicted molar refractivity (Wildman–Crippen MR) is 197 cm³/mol. The van der Waals surface area contributed by atoms with Crippen LogP contribution in [0.2, 0.25) is 0 Å². The first-order valence-electron chi connectivity index (χ1n) is 16.9. The number of nitrogens with one attached hydrogen (secondary N) is 1. The smallest absolute Gasteiger partial charge is 0.351 e. The second-order valence-electron chi connectivity index (χ2n) is 11.7. The fourth-order valence-corrected chi connectivity index (χ4v) is 6.07. The lowest BCUT2D eigenvalue weighted by Gasteiger charge is -2.27. The summed E-state index contributed by atoms with van der Waals surface area (Å²) in [4.78, 5) is 71.4. The van der Waals surface area contributed by atoms with Crippen LogP contribution < -0.4 is 31.1 Å². The fraction of sp³-hybridized carbons (Fsp3) is 0.308. The third-order valence-corrected chi connectivity index (χ3v) is 8.88. The number of carbonyl (C=O) groups excluding carboxylic acids is 3. The lowest BCUT2D eigenvalue weighted by molar-refractivity contribution is -0.146. The van der Waals surface area contributed by atoms with E-state index in [-0.39, 0.29) is 22.5 Å². The van der Waals surface area contributed by atoms with Gasteiger partial charge in [0.1, 0.15) is 28.0 Å². The van der Waals surface area contributed by atoms with Gasteiger partial charge in [-0.1, -0.05) is 18.2 Å². The number of benzene rings is 3. The lowest BCUT2D eigenvalue weighted by Crippen LogP contribution is -2.48. The third kappa shape index (κ3) is 7.63. The summed E-state index contributed by atoms with van der Waals surface area (Å²) in [5.41, 5.74) is -0.376. The van der Waals surface area contributed by atoms with Crippen molar-refractivity contribution in [2.75, 3.05) is 50.2 Å². The molecule has 2 heterocycles. The molecule has 1 amide bonds. The van der Waals surface area contributed by atoms with Gasteiger partial charge < -0.3 is 38.2 Å². The standard InChI is InChI=1S/C39H41N3O10/c1-7-41(8-2)25-17-15-23-19-28(36(44)50-31(23)21-25)35(43)40-33(39(47)49-6)34(27-13-11-12-14-30(27)48-5)52-38(46)29-20-24-16-18-26(42(9-3)10-4)22-32(24)51-37(29)45/h11-22,33-34H,7-10H2,1-6H3,(H,40,43)/t33-,34+/m0/s1. The molecule has 0 bridgehead atoms. The van der Waals surface area contributed by atoms with Crippen molar-refractivity contribution in [3.05, 3.63) is 110 Å². The number of methoxy groups -OCH3 is 2. The number of rotatable bonds is 14. The average molecular weight is 712 g/mol. The molecule has 0 saturated heterocycles. The first-order valence-corrected chi connectivity index (χ1v) is 16.9. The van der Waals surface area contributed by atoms with Crippen LogP contribution in [0.4, 0.5) is 11.4 Å². The maximum absolute atomic E-state index is 13.8. The first kappa shape index (κ1) is 37.2. The summed E-state index contributed by atoms with van der Waals surface area (Å²) >= 11 is 0. The van der Waals surface area contributed by atoms with Gasteiger partial charge in [-0.2, -0.15) is 0 Å². The molecule has 0 unspecified atom stereocenters. The monoisotopic (exact) mass is 711 g/mol. The third-order valence-electron chi connectivity index (χ3n) is 8.88. The van der Waals surface area contributed by atoms with Gasteiger partial charge in [0.05, 0.1) is 14.2 Å². The number of fused-ring (bicyclic) bond motifs is 2. The zero-order valence-corrected chi connectivity index (χ0v) is 29.9. The molecule has 0 aliphatic heterocycles. The molecule has 0 saturated carbocycles. The Labute approximate surface area is 299 Å². The SMILES string of the molecule is CCN(CC)c1ccc2cc(C(=O)N[C@H](C(=O)OC)[C@H](OC(=O)c3cc4ccc(N(CC)CC)cc4oc3=O)c3ccccc3OC)c(=O)oc2c1. The van der Waals surface area contributed by atoms with Crippen molar-refractivity contribution in [3.8, 4) is 5.75 Å². The molecule has 3 aromatic carbocycles. The zero-order valence-electron chi connectivity index (χ0n) is 29.9. The molecule has 1 N–H and O–H groups in total. The molecule has 0 fully saturated rings. The van der Waals surface area contributed by atoms with E-state index >= 15 is 0 Å². The van der Waals surface area contributed by atoms with Crippen LogP contribution in [0.25, 0.3) is 21.9 Å².